The molecule has 3 aromatic rings. The summed E-state index contributed by atoms with van der Waals surface area (Å²) in [6, 6.07) is 21.4. The van der Waals surface area contributed by atoms with Crippen molar-refractivity contribution in [2.24, 2.45) is 0 Å². The number of phenolic OH excluding ortho intramolecular Hbond substituents is 1. The number of pyridine rings is 1. The molecule has 24 heavy (non-hydrogen) atoms. The number of rotatable bonds is 4. The zero-order valence-electron chi connectivity index (χ0n) is 13.1. The highest BCUT2D eigenvalue weighted by molar-refractivity contribution is 5.69. The molecule has 1 aromatic heterocycles. The smallest absolute Gasteiger partial charge is 0.210 e. The Balaban J connectivity index is 0.00000208. The minimum Gasteiger partial charge on any atom is -1.00 e. The summed E-state index contributed by atoms with van der Waals surface area (Å²) in [5, 5.41) is 9.47. The zero-order chi connectivity index (χ0) is 16.1. The van der Waals surface area contributed by atoms with E-state index in [1.807, 2.05) is 83.7 Å². The van der Waals surface area contributed by atoms with Crippen molar-refractivity contribution in [3.63, 3.8) is 0 Å². The van der Waals surface area contributed by atoms with Crippen LogP contribution in [-0.4, -0.2) is 5.11 Å². The first-order valence-electron chi connectivity index (χ1n) is 7.45. The van der Waals surface area contributed by atoms with Crippen molar-refractivity contribution in [3.05, 3.63) is 102 Å². The second kappa shape index (κ2) is 8.27. The van der Waals surface area contributed by atoms with Crippen molar-refractivity contribution in [2.45, 2.75) is 0 Å². The molecule has 0 saturated heterocycles. The fourth-order valence-electron chi connectivity index (χ4n) is 2.33. The van der Waals surface area contributed by atoms with Crippen LogP contribution < -0.4 is 21.5 Å². The van der Waals surface area contributed by atoms with Crippen molar-refractivity contribution in [1.29, 1.82) is 0 Å². The number of aromatic nitrogens is 1. The first-order chi connectivity index (χ1) is 11.2. The van der Waals surface area contributed by atoms with Crippen LogP contribution in [0, 0.1) is 0 Å². The molecule has 120 valence electrons. The van der Waals surface area contributed by atoms with Crippen molar-refractivity contribution in [1.82, 2.24) is 0 Å². The Kier molecular flexibility index (Phi) is 6.10. The lowest BCUT2D eigenvalue weighted by Crippen LogP contribution is -3.00. The molecule has 3 rings (SSSR count). The molecule has 0 aliphatic carbocycles. The standard InChI is InChI=1S/C21H17NO.BrH/c1-17(20-7-3-2-4-8-20)22-14-12-18(13-15-22)10-11-19-6-5-9-21(23)16-19;/h2-16H,1H2;1H/b11-10+;. The quantitative estimate of drug-likeness (QED) is 0.680. The van der Waals surface area contributed by atoms with E-state index < -0.39 is 0 Å². The van der Waals surface area contributed by atoms with Gasteiger partial charge in [-0.15, -0.1) is 0 Å². The van der Waals surface area contributed by atoms with Gasteiger partial charge in [0.15, 0.2) is 12.4 Å². The van der Waals surface area contributed by atoms with Gasteiger partial charge in [0, 0.05) is 17.7 Å². The summed E-state index contributed by atoms with van der Waals surface area (Å²) in [4.78, 5) is 0. The number of phenols is 1. The van der Waals surface area contributed by atoms with Gasteiger partial charge in [0.1, 0.15) is 5.75 Å². The summed E-state index contributed by atoms with van der Waals surface area (Å²) in [5.74, 6) is 0.275. The molecule has 3 heteroatoms. The van der Waals surface area contributed by atoms with Gasteiger partial charge in [0.05, 0.1) is 0 Å². The first kappa shape index (κ1) is 17.7. The Morgan fingerprint density at radius 3 is 2.17 bits per heavy atom. The van der Waals surface area contributed by atoms with E-state index >= 15 is 0 Å². The van der Waals surface area contributed by atoms with Crippen molar-refractivity contribution in [3.8, 4) is 5.75 Å². The second-order valence-electron chi connectivity index (χ2n) is 5.28. The summed E-state index contributed by atoms with van der Waals surface area (Å²) in [7, 11) is 0. The van der Waals surface area contributed by atoms with Crippen LogP contribution in [0.5, 0.6) is 5.75 Å². The minimum atomic E-state index is 0. The molecule has 0 amide bonds. The Morgan fingerprint density at radius 2 is 1.50 bits per heavy atom. The van der Waals surface area contributed by atoms with Crippen LogP contribution in [0.4, 0.5) is 0 Å². The molecule has 1 N–H and O–H groups in total. The Morgan fingerprint density at radius 1 is 0.833 bits per heavy atom. The molecule has 2 aromatic carbocycles. The normalized spacial score (nSPS) is 10.3. The van der Waals surface area contributed by atoms with E-state index in [0.29, 0.717) is 0 Å². The summed E-state index contributed by atoms with van der Waals surface area (Å²) in [5.41, 5.74) is 4.09. The van der Waals surface area contributed by atoms with Gasteiger partial charge in [-0.05, 0) is 42.0 Å². The van der Waals surface area contributed by atoms with E-state index in [2.05, 4.69) is 6.58 Å². The van der Waals surface area contributed by atoms with Crippen LogP contribution >= 0.6 is 0 Å². The predicted octanol–water partition coefficient (Wildman–Crippen LogP) is 1.37. The first-order valence-corrected chi connectivity index (χ1v) is 7.45. The maximum Gasteiger partial charge on any atom is 0.210 e. The number of nitrogens with zero attached hydrogens (tertiary/aromatic N) is 1. The van der Waals surface area contributed by atoms with E-state index in [1.165, 1.54) is 0 Å². The molecule has 1 heterocycles. The molecule has 0 fully saturated rings. The number of hydrogen-bond acceptors (Lipinski definition) is 1. The van der Waals surface area contributed by atoms with Crippen LogP contribution in [-0.2, 0) is 0 Å². The van der Waals surface area contributed by atoms with E-state index in [-0.39, 0.29) is 22.7 Å². The molecule has 0 radical (unpaired) electrons. The van der Waals surface area contributed by atoms with Gasteiger partial charge in [0.25, 0.3) is 0 Å². The van der Waals surface area contributed by atoms with Crippen molar-refractivity contribution in [2.75, 3.05) is 0 Å². The molecule has 0 saturated carbocycles. The van der Waals surface area contributed by atoms with Crippen LogP contribution in [0.15, 0.2) is 85.7 Å². The van der Waals surface area contributed by atoms with E-state index in [1.54, 1.807) is 12.1 Å². The number of benzene rings is 2. The average Bonchev–Trinajstić information content (AvgIpc) is 2.61. The van der Waals surface area contributed by atoms with E-state index in [0.717, 1.165) is 22.4 Å². The van der Waals surface area contributed by atoms with Crippen molar-refractivity contribution < 1.29 is 26.7 Å². The highest BCUT2D eigenvalue weighted by atomic mass is 79.9. The Hall–Kier alpha value is -2.65. The number of aromatic hydroxyl groups is 1. The van der Waals surface area contributed by atoms with E-state index in [9.17, 15) is 5.11 Å². The molecule has 0 bridgehead atoms. The van der Waals surface area contributed by atoms with Gasteiger partial charge in [0.2, 0.25) is 5.70 Å². The van der Waals surface area contributed by atoms with Gasteiger partial charge in [-0.25, -0.2) is 0 Å². The highest BCUT2D eigenvalue weighted by Crippen LogP contribution is 2.14. The monoisotopic (exact) mass is 379 g/mol. The maximum atomic E-state index is 9.47. The minimum absolute atomic E-state index is 0. The molecule has 0 aliphatic rings. The summed E-state index contributed by atoms with van der Waals surface area (Å²) < 4.78 is 2.00. The van der Waals surface area contributed by atoms with Crippen LogP contribution in [0.2, 0.25) is 0 Å². The number of hydrogen-bond donors (Lipinski definition) is 1. The third kappa shape index (κ3) is 4.43. The molecular weight excluding hydrogens is 362 g/mol. The maximum absolute atomic E-state index is 9.47. The fourth-order valence-corrected chi connectivity index (χ4v) is 2.33. The topological polar surface area (TPSA) is 24.1 Å². The van der Waals surface area contributed by atoms with Gasteiger partial charge < -0.3 is 22.1 Å². The van der Waals surface area contributed by atoms with Gasteiger partial charge in [-0.3, -0.25) is 0 Å². The molecule has 2 nitrogen and oxygen atoms in total. The van der Waals surface area contributed by atoms with Crippen LogP contribution in [0.1, 0.15) is 16.7 Å². The molecule has 0 atom stereocenters. The third-order valence-corrected chi connectivity index (χ3v) is 3.61. The molecule has 0 unspecified atom stereocenters. The summed E-state index contributed by atoms with van der Waals surface area (Å²) in [6.07, 6.45) is 7.99. The van der Waals surface area contributed by atoms with Gasteiger partial charge >= 0.3 is 0 Å². The summed E-state index contributed by atoms with van der Waals surface area (Å²) in [6.45, 7) is 4.15. The van der Waals surface area contributed by atoms with E-state index in [4.69, 9.17) is 0 Å². The largest absolute Gasteiger partial charge is 1.00 e. The number of halogens is 1. The molecule has 0 aliphatic heterocycles. The van der Waals surface area contributed by atoms with Crippen LogP contribution in [0.25, 0.3) is 17.8 Å². The lowest BCUT2D eigenvalue weighted by atomic mass is 10.1. The predicted molar refractivity (Wildman–Crippen MR) is 94.5 cm³/mol. The van der Waals surface area contributed by atoms with Crippen LogP contribution in [0.3, 0.4) is 0 Å². The molecule has 0 spiro atoms. The SMILES string of the molecule is C=C(c1ccccc1)[n+]1ccc(/C=C/c2cccc(O)c2)cc1.[Br-]. The lowest BCUT2D eigenvalue weighted by molar-refractivity contribution is -0.578. The van der Waals surface area contributed by atoms with Gasteiger partial charge in [-0.2, -0.15) is 4.57 Å². The average molecular weight is 380 g/mol. The highest BCUT2D eigenvalue weighted by Gasteiger charge is 2.08. The summed E-state index contributed by atoms with van der Waals surface area (Å²) >= 11 is 0. The second-order valence-corrected chi connectivity index (χ2v) is 5.28. The van der Waals surface area contributed by atoms with Gasteiger partial charge in [-0.1, -0.05) is 42.5 Å². The third-order valence-electron chi connectivity index (χ3n) is 3.61. The molecular formula is C21H18BrNO. The lowest BCUT2D eigenvalue weighted by Gasteiger charge is -2.00. The Labute approximate surface area is 152 Å². The Bertz CT molecular complexity index is 839. The fraction of sp³-hybridized carbons (Fsp3) is 0. The van der Waals surface area contributed by atoms with Crippen molar-refractivity contribution >= 4 is 17.8 Å². The zero-order valence-corrected chi connectivity index (χ0v) is 14.7.